The van der Waals surface area contributed by atoms with Crippen molar-refractivity contribution in [1.29, 1.82) is 0 Å². The molecule has 0 fully saturated rings. The Balaban J connectivity index is 2.95. The summed E-state index contributed by atoms with van der Waals surface area (Å²) < 4.78 is 0.471. The van der Waals surface area contributed by atoms with Gasteiger partial charge in [0, 0.05) is 11.8 Å². The molecule has 0 aliphatic carbocycles. The molecular weight excluding hydrogens is 180 g/mol. The van der Waals surface area contributed by atoms with Crippen LogP contribution in [0.2, 0.25) is 0 Å². The molecule has 4 heteroatoms. The molecule has 1 aromatic carbocycles. The highest BCUT2D eigenvalue weighted by atomic mass is 16.5. The fourth-order valence-corrected chi connectivity index (χ4v) is 1.50. The average molecular weight is 190 g/mol. The van der Waals surface area contributed by atoms with Crippen LogP contribution in [-0.2, 0) is 0 Å². The number of fused-ring (bicyclic) bond motifs is 1. The van der Waals surface area contributed by atoms with Crippen molar-refractivity contribution in [3.63, 3.8) is 0 Å². The maximum Gasteiger partial charge on any atom is 0.377 e. The Morgan fingerprint density at radius 2 is 2.07 bits per heavy atom. The Hall–Kier alpha value is -1.97. The van der Waals surface area contributed by atoms with E-state index in [1.807, 2.05) is 6.92 Å². The van der Waals surface area contributed by atoms with E-state index in [4.69, 9.17) is 5.73 Å². The SMILES string of the molecule is Cc1cc(O)[n+]([O-])c2cc(N)ccc12. The lowest BCUT2D eigenvalue weighted by Crippen LogP contribution is -2.27. The third-order valence-corrected chi connectivity index (χ3v) is 2.22. The van der Waals surface area contributed by atoms with Crippen molar-refractivity contribution in [2.24, 2.45) is 0 Å². The fourth-order valence-electron chi connectivity index (χ4n) is 1.50. The number of nitrogen functional groups attached to an aromatic ring is 1. The van der Waals surface area contributed by atoms with E-state index in [0.717, 1.165) is 10.9 Å². The zero-order chi connectivity index (χ0) is 10.3. The van der Waals surface area contributed by atoms with E-state index in [1.54, 1.807) is 18.2 Å². The number of nitrogens with zero attached hydrogens (tertiary/aromatic N) is 1. The number of anilines is 1. The lowest BCUT2D eigenvalue weighted by Gasteiger charge is -2.05. The van der Waals surface area contributed by atoms with E-state index in [2.05, 4.69) is 0 Å². The zero-order valence-corrected chi connectivity index (χ0v) is 7.69. The number of aromatic nitrogens is 1. The van der Waals surface area contributed by atoms with Crippen LogP contribution >= 0.6 is 0 Å². The monoisotopic (exact) mass is 190 g/mol. The van der Waals surface area contributed by atoms with Gasteiger partial charge < -0.3 is 16.0 Å². The van der Waals surface area contributed by atoms with E-state index < -0.39 is 0 Å². The van der Waals surface area contributed by atoms with Crippen LogP contribution in [0, 0.1) is 12.1 Å². The maximum atomic E-state index is 11.4. The minimum atomic E-state index is -0.305. The van der Waals surface area contributed by atoms with Crippen molar-refractivity contribution in [1.82, 2.24) is 0 Å². The molecule has 0 aliphatic rings. The topological polar surface area (TPSA) is 73.2 Å². The summed E-state index contributed by atoms with van der Waals surface area (Å²) in [5, 5.41) is 21.5. The van der Waals surface area contributed by atoms with Crippen LogP contribution in [0.5, 0.6) is 5.88 Å². The number of nitrogens with two attached hydrogens (primary N) is 1. The van der Waals surface area contributed by atoms with Gasteiger partial charge in [-0.15, -0.1) is 4.73 Å². The number of benzene rings is 1. The Labute approximate surface area is 80.8 Å². The summed E-state index contributed by atoms with van der Waals surface area (Å²) in [4.78, 5) is 0. The smallest absolute Gasteiger partial charge is 0.377 e. The number of pyridine rings is 1. The first-order valence-electron chi connectivity index (χ1n) is 4.21. The van der Waals surface area contributed by atoms with Gasteiger partial charge in [-0.2, -0.15) is 0 Å². The highest BCUT2D eigenvalue weighted by Gasteiger charge is 2.11. The first-order chi connectivity index (χ1) is 6.59. The van der Waals surface area contributed by atoms with Crippen molar-refractivity contribution in [2.75, 3.05) is 5.73 Å². The molecule has 1 aromatic heterocycles. The molecule has 2 aromatic rings. The van der Waals surface area contributed by atoms with Crippen molar-refractivity contribution >= 4 is 16.6 Å². The lowest BCUT2D eigenvalue weighted by atomic mass is 10.1. The van der Waals surface area contributed by atoms with Crippen LogP contribution in [0.1, 0.15) is 5.56 Å². The largest absolute Gasteiger partial charge is 0.616 e. The van der Waals surface area contributed by atoms with Crippen LogP contribution < -0.4 is 10.5 Å². The predicted octanol–water partition coefficient (Wildman–Crippen LogP) is 1.07. The van der Waals surface area contributed by atoms with Gasteiger partial charge >= 0.3 is 5.88 Å². The first-order valence-corrected chi connectivity index (χ1v) is 4.21. The Kier molecular flexibility index (Phi) is 1.70. The molecule has 4 nitrogen and oxygen atoms in total. The van der Waals surface area contributed by atoms with Gasteiger partial charge in [0.1, 0.15) is 0 Å². The van der Waals surface area contributed by atoms with Gasteiger partial charge in [0.05, 0.1) is 11.5 Å². The molecule has 0 saturated carbocycles. The number of aryl methyl sites for hydroxylation is 1. The summed E-state index contributed by atoms with van der Waals surface area (Å²) in [7, 11) is 0. The number of hydrogen-bond donors (Lipinski definition) is 2. The summed E-state index contributed by atoms with van der Waals surface area (Å²) in [6.07, 6.45) is 0. The molecule has 14 heavy (non-hydrogen) atoms. The molecule has 0 atom stereocenters. The fraction of sp³-hybridized carbons (Fsp3) is 0.100. The van der Waals surface area contributed by atoms with E-state index in [1.165, 1.54) is 6.07 Å². The minimum absolute atomic E-state index is 0.305. The summed E-state index contributed by atoms with van der Waals surface area (Å²) in [6, 6.07) is 6.49. The van der Waals surface area contributed by atoms with Crippen LogP contribution in [0.3, 0.4) is 0 Å². The molecule has 2 rings (SSSR count). The van der Waals surface area contributed by atoms with Gasteiger partial charge in [0.15, 0.2) is 0 Å². The summed E-state index contributed by atoms with van der Waals surface area (Å²) in [5.74, 6) is -0.305. The molecule has 0 radical (unpaired) electrons. The lowest BCUT2D eigenvalue weighted by molar-refractivity contribution is -0.585. The molecule has 3 N–H and O–H groups in total. The Bertz CT molecular complexity index is 509. The van der Waals surface area contributed by atoms with Gasteiger partial charge in [-0.3, -0.25) is 0 Å². The third kappa shape index (κ3) is 1.12. The van der Waals surface area contributed by atoms with Crippen LogP contribution in [0.25, 0.3) is 10.9 Å². The minimum Gasteiger partial charge on any atom is -0.616 e. The molecule has 1 heterocycles. The molecule has 0 spiro atoms. The van der Waals surface area contributed by atoms with E-state index in [9.17, 15) is 10.3 Å². The molecule has 0 amide bonds. The van der Waals surface area contributed by atoms with Crippen LogP contribution in [0.4, 0.5) is 5.69 Å². The van der Waals surface area contributed by atoms with Crippen molar-refractivity contribution in [2.45, 2.75) is 6.92 Å². The zero-order valence-electron chi connectivity index (χ0n) is 7.69. The summed E-state index contributed by atoms with van der Waals surface area (Å²) in [6.45, 7) is 1.83. The van der Waals surface area contributed by atoms with Crippen molar-refractivity contribution in [3.05, 3.63) is 35.0 Å². The van der Waals surface area contributed by atoms with Crippen LogP contribution in [-0.4, -0.2) is 5.11 Å². The molecule has 72 valence electrons. The summed E-state index contributed by atoms with van der Waals surface area (Å²) in [5.41, 5.74) is 7.31. The molecule has 0 bridgehead atoms. The number of rotatable bonds is 0. The second-order valence-electron chi connectivity index (χ2n) is 3.26. The average Bonchev–Trinajstić information content (AvgIpc) is 2.14. The van der Waals surface area contributed by atoms with Gasteiger partial charge in [0.25, 0.3) is 0 Å². The number of hydrogen-bond acceptors (Lipinski definition) is 3. The number of aromatic hydroxyl groups is 1. The third-order valence-electron chi connectivity index (χ3n) is 2.22. The van der Waals surface area contributed by atoms with Crippen molar-refractivity contribution < 1.29 is 9.84 Å². The highest BCUT2D eigenvalue weighted by molar-refractivity contribution is 5.82. The first kappa shape index (κ1) is 8.62. The quantitative estimate of drug-likeness (QED) is 0.370. The van der Waals surface area contributed by atoms with E-state index in [0.29, 0.717) is 15.9 Å². The molecule has 0 unspecified atom stereocenters. The molecular formula is C10H10N2O2. The summed E-state index contributed by atoms with van der Waals surface area (Å²) >= 11 is 0. The van der Waals surface area contributed by atoms with Gasteiger partial charge in [-0.05, 0) is 24.6 Å². The van der Waals surface area contributed by atoms with Crippen LogP contribution in [0.15, 0.2) is 24.3 Å². The Morgan fingerprint density at radius 3 is 2.79 bits per heavy atom. The predicted molar refractivity (Wildman–Crippen MR) is 53.7 cm³/mol. The van der Waals surface area contributed by atoms with Gasteiger partial charge in [-0.1, -0.05) is 0 Å². The second kappa shape index (κ2) is 2.77. The van der Waals surface area contributed by atoms with E-state index >= 15 is 0 Å². The molecule has 0 aliphatic heterocycles. The Morgan fingerprint density at radius 1 is 1.36 bits per heavy atom. The molecule has 0 saturated heterocycles. The maximum absolute atomic E-state index is 11.4. The normalized spacial score (nSPS) is 10.6. The van der Waals surface area contributed by atoms with E-state index in [-0.39, 0.29) is 5.88 Å². The van der Waals surface area contributed by atoms with Gasteiger partial charge in [-0.25, -0.2) is 0 Å². The second-order valence-corrected chi connectivity index (χ2v) is 3.26. The van der Waals surface area contributed by atoms with Gasteiger partial charge in [0.2, 0.25) is 5.52 Å². The van der Waals surface area contributed by atoms with Crippen molar-refractivity contribution in [3.8, 4) is 5.88 Å². The highest BCUT2D eigenvalue weighted by Crippen LogP contribution is 2.20. The standard InChI is InChI=1S/C10H10N2O2/c1-6-4-10(13)12(14)9-5-7(11)2-3-8(6)9/h2-5,13H,11H2,1H3.